The Balaban J connectivity index is 0.000000339. The molecule has 2 saturated carbocycles. The molecule has 0 amide bonds. The molecule has 0 unspecified atom stereocenters. The molecule has 4 heteroatoms. The molecule has 4 rings (SSSR count). The van der Waals surface area contributed by atoms with Gasteiger partial charge < -0.3 is 0 Å². The first-order valence-electron chi connectivity index (χ1n) is 11.9. The SMILES string of the molecule is C1CCCC1.[B][P+](C1CCCC1)(N1CCC[C@H]1CC)N1CCC[C@H]1CC. The predicted molar refractivity (Wildman–Crippen MR) is 118 cm³/mol. The molecule has 2 atom stereocenters. The summed E-state index contributed by atoms with van der Waals surface area (Å²) in [6, 6.07) is 1.53. The Hall–Kier alpha value is 0.415. The lowest BCUT2D eigenvalue weighted by molar-refractivity contribution is 0.331. The monoisotopic (exact) mass is 377 g/mol. The van der Waals surface area contributed by atoms with Gasteiger partial charge in [0.25, 0.3) is 0 Å². The van der Waals surface area contributed by atoms with Gasteiger partial charge in [0.05, 0.1) is 5.66 Å². The van der Waals surface area contributed by atoms with Crippen LogP contribution in [-0.4, -0.2) is 47.7 Å². The van der Waals surface area contributed by atoms with Crippen LogP contribution < -0.4 is 0 Å². The minimum absolute atomic E-state index is 0.766. The molecular weight excluding hydrogens is 334 g/mol. The van der Waals surface area contributed by atoms with E-state index < -0.39 is 7.44 Å². The molecule has 0 aromatic rings. The Morgan fingerprint density at radius 2 is 1.08 bits per heavy atom. The molecule has 26 heavy (non-hydrogen) atoms. The maximum Gasteiger partial charge on any atom is 0.409 e. The molecule has 148 valence electrons. The van der Waals surface area contributed by atoms with Gasteiger partial charge >= 0.3 is 7.57 Å². The smallest absolute Gasteiger partial charge is 0.177 e. The van der Waals surface area contributed by atoms with E-state index >= 15 is 0 Å². The van der Waals surface area contributed by atoms with Gasteiger partial charge in [0.1, 0.15) is 7.44 Å². The largest absolute Gasteiger partial charge is 0.409 e. The van der Waals surface area contributed by atoms with Crippen molar-refractivity contribution >= 4 is 15.0 Å². The minimum Gasteiger partial charge on any atom is -0.177 e. The quantitative estimate of drug-likeness (QED) is 0.395. The normalized spacial score (nSPS) is 31.5. The fraction of sp³-hybridized carbons (Fsp3) is 1.00. The molecular formula is C22H43BN2P+. The zero-order valence-electron chi connectivity index (χ0n) is 17.7. The second kappa shape index (κ2) is 10.3. The summed E-state index contributed by atoms with van der Waals surface area (Å²) < 4.78 is 5.69. The molecule has 2 saturated heterocycles. The first-order valence-corrected chi connectivity index (χ1v) is 13.8. The highest BCUT2D eigenvalue weighted by Gasteiger charge is 2.57. The van der Waals surface area contributed by atoms with E-state index in [-0.39, 0.29) is 0 Å². The number of rotatable bonds is 5. The van der Waals surface area contributed by atoms with Gasteiger partial charge in [-0.25, -0.2) is 0 Å². The first kappa shape index (κ1) is 21.1. The minimum atomic E-state index is -1.59. The van der Waals surface area contributed by atoms with Crippen LogP contribution in [0, 0.1) is 0 Å². The third-order valence-corrected chi connectivity index (χ3v) is 11.9. The van der Waals surface area contributed by atoms with Crippen molar-refractivity contribution in [2.45, 2.75) is 128 Å². The lowest BCUT2D eigenvalue weighted by Crippen LogP contribution is -2.45. The van der Waals surface area contributed by atoms with Crippen molar-refractivity contribution in [1.29, 1.82) is 0 Å². The van der Waals surface area contributed by atoms with Crippen LogP contribution in [0.2, 0.25) is 0 Å². The Morgan fingerprint density at radius 1 is 0.654 bits per heavy atom. The van der Waals surface area contributed by atoms with Gasteiger partial charge in [0.15, 0.2) is 0 Å². The maximum absolute atomic E-state index is 7.41. The highest BCUT2D eigenvalue weighted by molar-refractivity contribution is 7.94. The molecule has 4 fully saturated rings. The molecule has 0 aromatic carbocycles. The summed E-state index contributed by atoms with van der Waals surface area (Å²) in [6.45, 7) is 7.27. The average molecular weight is 377 g/mol. The highest BCUT2D eigenvalue weighted by atomic mass is 31.2. The summed E-state index contributed by atoms with van der Waals surface area (Å²) in [7, 11) is 5.82. The van der Waals surface area contributed by atoms with Crippen LogP contribution in [0.25, 0.3) is 0 Å². The Bertz CT molecular complexity index is 379. The molecule has 2 nitrogen and oxygen atoms in total. The molecule has 4 aliphatic rings. The van der Waals surface area contributed by atoms with Gasteiger partial charge in [-0.05, 0) is 64.2 Å². The summed E-state index contributed by atoms with van der Waals surface area (Å²) >= 11 is 0. The molecule has 2 heterocycles. The maximum atomic E-state index is 7.41. The summed E-state index contributed by atoms with van der Waals surface area (Å²) in [5.41, 5.74) is 0.803. The molecule has 2 radical (unpaired) electrons. The van der Waals surface area contributed by atoms with Crippen LogP contribution in [0.1, 0.15) is 110 Å². The molecule has 2 aliphatic carbocycles. The topological polar surface area (TPSA) is 6.48 Å². The molecule has 0 spiro atoms. The van der Waals surface area contributed by atoms with Gasteiger partial charge in [0.2, 0.25) is 0 Å². The van der Waals surface area contributed by atoms with Crippen molar-refractivity contribution in [2.24, 2.45) is 0 Å². The summed E-state index contributed by atoms with van der Waals surface area (Å²) in [6.07, 6.45) is 21.2. The zero-order valence-corrected chi connectivity index (χ0v) is 18.6. The first-order chi connectivity index (χ1) is 12.7. The second-order valence-electron chi connectivity index (χ2n) is 9.14. The van der Waals surface area contributed by atoms with Gasteiger partial charge in [-0.2, -0.15) is 9.34 Å². The lowest BCUT2D eigenvalue weighted by atomic mass is 10.2. The van der Waals surface area contributed by atoms with E-state index in [9.17, 15) is 0 Å². The average Bonchev–Trinajstić information content (AvgIpc) is 3.46. The van der Waals surface area contributed by atoms with Crippen molar-refractivity contribution in [1.82, 2.24) is 9.34 Å². The Labute approximate surface area is 165 Å². The summed E-state index contributed by atoms with van der Waals surface area (Å²) in [5.74, 6) is 0. The number of hydrogen-bond donors (Lipinski definition) is 0. The van der Waals surface area contributed by atoms with E-state index in [0.29, 0.717) is 0 Å². The van der Waals surface area contributed by atoms with Crippen LogP contribution in [0.3, 0.4) is 0 Å². The van der Waals surface area contributed by atoms with Crippen LogP contribution in [-0.2, 0) is 0 Å². The second-order valence-corrected chi connectivity index (χ2v) is 12.3. The molecule has 0 N–H and O–H groups in total. The van der Waals surface area contributed by atoms with E-state index in [4.69, 9.17) is 7.57 Å². The third-order valence-electron chi connectivity index (χ3n) is 7.57. The van der Waals surface area contributed by atoms with Crippen molar-refractivity contribution in [3.63, 3.8) is 0 Å². The van der Waals surface area contributed by atoms with Crippen LogP contribution in [0.4, 0.5) is 0 Å². The standard InChI is InChI=1S/C17H33BN2P.C5H10/c1-3-15-9-7-13-19(15)21(18,17-11-5-6-12-17)20-14-8-10-16(20)4-2;1-2-4-5-3-1/h15-17H,3-14H2,1-2H3;1-5H2/q+1;/t15-,16-;/m1./s1. The van der Waals surface area contributed by atoms with E-state index in [1.165, 1.54) is 109 Å². The Kier molecular flexibility index (Phi) is 8.34. The number of nitrogens with zero attached hydrogens (tertiary/aromatic N) is 2. The van der Waals surface area contributed by atoms with Crippen molar-refractivity contribution in [3.05, 3.63) is 0 Å². The third kappa shape index (κ3) is 4.52. The Morgan fingerprint density at radius 3 is 1.46 bits per heavy atom. The summed E-state index contributed by atoms with van der Waals surface area (Å²) in [5, 5.41) is 0. The predicted octanol–water partition coefficient (Wildman–Crippen LogP) is 6.56. The zero-order chi connectivity index (χ0) is 18.4. The van der Waals surface area contributed by atoms with Crippen LogP contribution in [0.5, 0.6) is 0 Å². The van der Waals surface area contributed by atoms with Gasteiger partial charge in [-0.1, -0.05) is 46.0 Å². The van der Waals surface area contributed by atoms with E-state index in [1.807, 2.05) is 0 Å². The molecule has 0 aromatic heterocycles. The highest BCUT2D eigenvalue weighted by Crippen LogP contribution is 2.71. The van der Waals surface area contributed by atoms with Crippen LogP contribution >= 0.6 is 7.44 Å². The van der Waals surface area contributed by atoms with Crippen molar-refractivity contribution in [2.75, 3.05) is 13.1 Å². The molecule has 0 bridgehead atoms. The van der Waals surface area contributed by atoms with E-state index in [0.717, 1.165) is 17.7 Å². The molecule has 2 aliphatic heterocycles. The number of hydrogen-bond acceptors (Lipinski definition) is 2. The van der Waals surface area contributed by atoms with Gasteiger partial charge in [-0.3, -0.25) is 0 Å². The van der Waals surface area contributed by atoms with Gasteiger partial charge in [-0.15, -0.1) is 0 Å². The van der Waals surface area contributed by atoms with Crippen LogP contribution in [0.15, 0.2) is 0 Å². The lowest BCUT2D eigenvalue weighted by Gasteiger charge is -2.46. The van der Waals surface area contributed by atoms with Gasteiger partial charge in [0, 0.05) is 25.2 Å². The van der Waals surface area contributed by atoms with Crippen molar-refractivity contribution in [3.8, 4) is 0 Å². The fourth-order valence-electron chi connectivity index (χ4n) is 6.05. The van der Waals surface area contributed by atoms with E-state index in [2.05, 4.69) is 23.2 Å². The fourth-order valence-corrected chi connectivity index (χ4v) is 10.8. The summed E-state index contributed by atoms with van der Waals surface area (Å²) in [4.78, 5) is 0. The van der Waals surface area contributed by atoms with E-state index in [1.54, 1.807) is 0 Å². The van der Waals surface area contributed by atoms with Crippen molar-refractivity contribution < 1.29 is 0 Å².